The number of aromatic amines is 1. The second-order valence-corrected chi connectivity index (χ2v) is 4.74. The number of rotatable bonds is 4. The van der Waals surface area contributed by atoms with E-state index in [1.54, 1.807) is 12.3 Å². The molecule has 90 valence electrons. The van der Waals surface area contributed by atoms with Gasteiger partial charge in [-0.3, -0.25) is 4.79 Å². The summed E-state index contributed by atoms with van der Waals surface area (Å²) in [4.78, 5) is 14.8. The molecule has 0 saturated carbocycles. The molecule has 0 spiro atoms. The van der Waals surface area contributed by atoms with Crippen LogP contribution in [0.5, 0.6) is 0 Å². The normalized spacial score (nSPS) is 10.7. The van der Waals surface area contributed by atoms with Gasteiger partial charge in [-0.05, 0) is 13.5 Å². The van der Waals surface area contributed by atoms with E-state index in [0.717, 1.165) is 17.2 Å². The van der Waals surface area contributed by atoms with Gasteiger partial charge in [0, 0.05) is 24.5 Å². The van der Waals surface area contributed by atoms with Crippen molar-refractivity contribution < 1.29 is 0 Å². The molecule has 0 aliphatic heterocycles. The van der Waals surface area contributed by atoms with Gasteiger partial charge in [0.15, 0.2) is 10.4 Å². The highest BCUT2D eigenvalue weighted by Crippen LogP contribution is 2.19. The minimum atomic E-state index is -0.0209. The van der Waals surface area contributed by atoms with Crippen molar-refractivity contribution in [2.45, 2.75) is 20.4 Å². The van der Waals surface area contributed by atoms with E-state index in [2.05, 4.69) is 20.5 Å². The van der Waals surface area contributed by atoms with Gasteiger partial charge in [-0.15, -0.1) is 10.2 Å². The summed E-state index contributed by atoms with van der Waals surface area (Å²) in [6.07, 6.45) is 1.69. The van der Waals surface area contributed by atoms with Crippen LogP contribution in [0.3, 0.4) is 0 Å². The maximum atomic E-state index is 11.8. The first-order valence-electron chi connectivity index (χ1n) is 5.43. The van der Waals surface area contributed by atoms with E-state index in [1.807, 2.05) is 13.8 Å². The molecule has 0 unspecified atom stereocenters. The SMILES string of the molecule is CCNCc1nnc(-c2c[nH]c(C)cc2=O)s1. The Kier molecular flexibility index (Phi) is 3.65. The second-order valence-electron chi connectivity index (χ2n) is 3.68. The smallest absolute Gasteiger partial charge is 0.192 e. The van der Waals surface area contributed by atoms with Crippen molar-refractivity contribution in [1.82, 2.24) is 20.5 Å². The maximum Gasteiger partial charge on any atom is 0.192 e. The van der Waals surface area contributed by atoms with Crippen LogP contribution in [0.4, 0.5) is 0 Å². The molecule has 2 N–H and O–H groups in total. The molecular formula is C11H14N4OS. The molecule has 0 aromatic carbocycles. The first-order valence-corrected chi connectivity index (χ1v) is 6.25. The van der Waals surface area contributed by atoms with Crippen LogP contribution in [-0.2, 0) is 6.54 Å². The van der Waals surface area contributed by atoms with Crippen LogP contribution in [0.15, 0.2) is 17.1 Å². The fourth-order valence-corrected chi connectivity index (χ4v) is 2.24. The Morgan fingerprint density at radius 2 is 2.29 bits per heavy atom. The zero-order valence-corrected chi connectivity index (χ0v) is 10.6. The molecule has 2 aromatic rings. The van der Waals surface area contributed by atoms with E-state index < -0.39 is 0 Å². The lowest BCUT2D eigenvalue weighted by molar-refractivity contribution is 0.715. The molecule has 2 aromatic heterocycles. The number of pyridine rings is 1. The summed E-state index contributed by atoms with van der Waals surface area (Å²) in [5.41, 5.74) is 1.40. The minimum absolute atomic E-state index is 0.0209. The molecule has 0 amide bonds. The number of aromatic nitrogens is 3. The highest BCUT2D eigenvalue weighted by molar-refractivity contribution is 7.14. The van der Waals surface area contributed by atoms with E-state index in [1.165, 1.54) is 11.3 Å². The van der Waals surface area contributed by atoms with Crippen molar-refractivity contribution in [2.24, 2.45) is 0 Å². The van der Waals surface area contributed by atoms with Crippen LogP contribution in [0, 0.1) is 6.92 Å². The lowest BCUT2D eigenvalue weighted by Gasteiger charge is -1.96. The Labute approximate surface area is 103 Å². The summed E-state index contributed by atoms with van der Waals surface area (Å²) in [5, 5.41) is 12.8. The fraction of sp³-hybridized carbons (Fsp3) is 0.364. The first kappa shape index (κ1) is 11.9. The highest BCUT2D eigenvalue weighted by Gasteiger charge is 2.09. The molecule has 2 rings (SSSR count). The summed E-state index contributed by atoms with van der Waals surface area (Å²) >= 11 is 1.44. The molecule has 2 heterocycles. The molecular weight excluding hydrogens is 236 g/mol. The van der Waals surface area contributed by atoms with E-state index in [9.17, 15) is 4.79 Å². The van der Waals surface area contributed by atoms with Gasteiger partial charge in [-0.2, -0.15) is 0 Å². The van der Waals surface area contributed by atoms with Crippen molar-refractivity contribution in [1.29, 1.82) is 0 Å². The average Bonchev–Trinajstić information content (AvgIpc) is 2.75. The average molecular weight is 250 g/mol. The van der Waals surface area contributed by atoms with Gasteiger partial charge < -0.3 is 10.3 Å². The standard InChI is InChI=1S/C11H14N4OS/c1-3-12-6-10-14-15-11(17-10)8-5-13-7(2)4-9(8)16/h4-5,12H,3,6H2,1-2H3,(H,13,16). The maximum absolute atomic E-state index is 11.8. The molecule has 0 saturated heterocycles. The number of H-pyrrole nitrogens is 1. The third-order valence-corrected chi connectivity index (χ3v) is 3.24. The van der Waals surface area contributed by atoms with Gasteiger partial charge >= 0.3 is 0 Å². The summed E-state index contributed by atoms with van der Waals surface area (Å²) in [7, 11) is 0. The molecule has 0 radical (unpaired) electrons. The number of nitrogens with one attached hydrogen (secondary N) is 2. The van der Waals surface area contributed by atoms with Crippen LogP contribution >= 0.6 is 11.3 Å². The minimum Gasteiger partial charge on any atom is -0.364 e. The summed E-state index contributed by atoms with van der Waals surface area (Å²) in [5.74, 6) is 0. The Balaban J connectivity index is 2.27. The molecule has 6 heteroatoms. The van der Waals surface area contributed by atoms with Gasteiger partial charge in [0.25, 0.3) is 0 Å². The van der Waals surface area contributed by atoms with E-state index in [0.29, 0.717) is 17.1 Å². The first-order chi connectivity index (χ1) is 8.20. The van der Waals surface area contributed by atoms with Crippen molar-refractivity contribution in [3.05, 3.63) is 33.2 Å². The van der Waals surface area contributed by atoms with Crippen LogP contribution in [0.2, 0.25) is 0 Å². The summed E-state index contributed by atoms with van der Waals surface area (Å²) in [6.45, 7) is 5.46. The predicted octanol–water partition coefficient (Wildman–Crippen LogP) is 1.31. The second kappa shape index (κ2) is 5.20. The molecule has 0 atom stereocenters. The van der Waals surface area contributed by atoms with Gasteiger partial charge in [0.2, 0.25) is 0 Å². The van der Waals surface area contributed by atoms with Gasteiger partial charge in [-0.1, -0.05) is 18.3 Å². The van der Waals surface area contributed by atoms with Crippen molar-refractivity contribution in [3.8, 4) is 10.6 Å². The Hall–Kier alpha value is -1.53. The van der Waals surface area contributed by atoms with Crippen molar-refractivity contribution in [2.75, 3.05) is 6.54 Å². The summed E-state index contributed by atoms with van der Waals surface area (Å²) < 4.78 is 0. The van der Waals surface area contributed by atoms with Gasteiger partial charge in [0.05, 0.1) is 5.56 Å². The lowest BCUT2D eigenvalue weighted by Crippen LogP contribution is -2.11. The molecule has 5 nitrogen and oxygen atoms in total. The molecule has 17 heavy (non-hydrogen) atoms. The highest BCUT2D eigenvalue weighted by atomic mass is 32.1. The number of hydrogen-bond acceptors (Lipinski definition) is 5. The fourth-order valence-electron chi connectivity index (χ4n) is 1.41. The van der Waals surface area contributed by atoms with Crippen LogP contribution < -0.4 is 10.7 Å². The zero-order chi connectivity index (χ0) is 12.3. The molecule has 0 aliphatic rings. The Morgan fingerprint density at radius 1 is 1.47 bits per heavy atom. The third-order valence-electron chi connectivity index (χ3n) is 2.28. The van der Waals surface area contributed by atoms with E-state index >= 15 is 0 Å². The zero-order valence-electron chi connectivity index (χ0n) is 9.78. The number of hydrogen-bond donors (Lipinski definition) is 2. The topological polar surface area (TPSA) is 70.7 Å². The summed E-state index contributed by atoms with van der Waals surface area (Å²) in [6, 6.07) is 1.57. The van der Waals surface area contributed by atoms with E-state index in [-0.39, 0.29) is 5.43 Å². The Bertz CT molecular complexity index is 561. The molecule has 0 aliphatic carbocycles. The quantitative estimate of drug-likeness (QED) is 0.858. The molecule has 0 fully saturated rings. The van der Waals surface area contributed by atoms with Crippen molar-refractivity contribution >= 4 is 11.3 Å². The third kappa shape index (κ3) is 2.78. The van der Waals surface area contributed by atoms with Crippen LogP contribution in [0.1, 0.15) is 17.6 Å². The predicted molar refractivity (Wildman–Crippen MR) is 68.1 cm³/mol. The van der Waals surface area contributed by atoms with E-state index in [4.69, 9.17) is 0 Å². The van der Waals surface area contributed by atoms with Crippen LogP contribution in [-0.4, -0.2) is 21.7 Å². The monoisotopic (exact) mass is 250 g/mol. The lowest BCUT2D eigenvalue weighted by atomic mass is 10.2. The molecule has 0 bridgehead atoms. The largest absolute Gasteiger partial charge is 0.364 e. The van der Waals surface area contributed by atoms with Crippen molar-refractivity contribution in [3.63, 3.8) is 0 Å². The number of aryl methyl sites for hydroxylation is 1. The van der Waals surface area contributed by atoms with Gasteiger partial charge in [-0.25, -0.2) is 0 Å². The van der Waals surface area contributed by atoms with Crippen LogP contribution in [0.25, 0.3) is 10.6 Å². The van der Waals surface area contributed by atoms with Gasteiger partial charge in [0.1, 0.15) is 5.01 Å². The Morgan fingerprint density at radius 3 is 3.00 bits per heavy atom. The number of nitrogens with zero attached hydrogens (tertiary/aromatic N) is 2.